The molecule has 4 nitrogen and oxygen atoms in total. The van der Waals surface area contributed by atoms with Gasteiger partial charge >= 0.3 is 5.97 Å². The predicted molar refractivity (Wildman–Crippen MR) is 141 cm³/mol. The van der Waals surface area contributed by atoms with Gasteiger partial charge in [0.25, 0.3) is 0 Å². The number of benzene rings is 4. The summed E-state index contributed by atoms with van der Waals surface area (Å²) in [6, 6.07) is 33.7. The highest BCUT2D eigenvalue weighted by Crippen LogP contribution is 2.25. The van der Waals surface area contributed by atoms with Crippen molar-refractivity contribution in [2.75, 3.05) is 0 Å². The van der Waals surface area contributed by atoms with Gasteiger partial charge in [-0.05, 0) is 43.7 Å². The molecule has 0 saturated carbocycles. The van der Waals surface area contributed by atoms with Crippen molar-refractivity contribution in [3.63, 3.8) is 0 Å². The Morgan fingerprint density at radius 1 is 0.771 bits per heavy atom. The third-order valence-electron chi connectivity index (χ3n) is 5.95. The standard InChI is InChI=1S/C31H26N2O2/c1-22-12-16-25(17-13-22)29(35-31(34)26-18-14-23(2)15-19-26)20-30-32-27-10-6-7-11-28(27)33(30)21-24-8-4-3-5-9-24/h3-20H,21H2,1-2H3. The van der Waals surface area contributed by atoms with E-state index in [1.807, 2.05) is 92.7 Å². The van der Waals surface area contributed by atoms with E-state index in [1.165, 1.54) is 5.56 Å². The number of carbonyl (C=O) groups excluding carboxylic acids is 1. The summed E-state index contributed by atoms with van der Waals surface area (Å²) in [5, 5.41) is 0. The number of hydrogen-bond donors (Lipinski definition) is 0. The number of nitrogens with zero attached hydrogens (tertiary/aromatic N) is 2. The Labute approximate surface area is 205 Å². The molecule has 0 bridgehead atoms. The summed E-state index contributed by atoms with van der Waals surface area (Å²) in [4.78, 5) is 17.9. The van der Waals surface area contributed by atoms with Crippen LogP contribution in [0.3, 0.4) is 0 Å². The highest BCUT2D eigenvalue weighted by atomic mass is 16.5. The second-order valence-corrected chi connectivity index (χ2v) is 8.66. The van der Waals surface area contributed by atoms with Gasteiger partial charge in [-0.25, -0.2) is 9.78 Å². The summed E-state index contributed by atoms with van der Waals surface area (Å²) in [7, 11) is 0. The van der Waals surface area contributed by atoms with Crippen molar-refractivity contribution in [2.24, 2.45) is 0 Å². The summed E-state index contributed by atoms with van der Waals surface area (Å²) in [6.45, 7) is 4.68. The number of esters is 1. The molecule has 0 N–H and O–H groups in total. The zero-order valence-corrected chi connectivity index (χ0v) is 19.8. The average molecular weight is 459 g/mol. The molecule has 0 aliphatic rings. The molecule has 0 unspecified atom stereocenters. The van der Waals surface area contributed by atoms with Gasteiger partial charge in [0, 0.05) is 18.2 Å². The minimum atomic E-state index is -0.400. The Morgan fingerprint density at radius 3 is 2.06 bits per heavy atom. The molecule has 5 rings (SSSR count). The lowest BCUT2D eigenvalue weighted by Crippen LogP contribution is -2.07. The van der Waals surface area contributed by atoms with E-state index in [2.05, 4.69) is 22.8 Å². The fourth-order valence-corrected chi connectivity index (χ4v) is 3.99. The van der Waals surface area contributed by atoms with Crippen molar-refractivity contribution in [1.29, 1.82) is 0 Å². The number of hydrogen-bond acceptors (Lipinski definition) is 3. The molecule has 1 heterocycles. The molecule has 0 amide bonds. The third-order valence-corrected chi connectivity index (χ3v) is 5.95. The number of rotatable bonds is 6. The number of aromatic nitrogens is 2. The van der Waals surface area contributed by atoms with E-state index >= 15 is 0 Å². The lowest BCUT2D eigenvalue weighted by Gasteiger charge is -2.12. The molecule has 172 valence electrons. The smallest absolute Gasteiger partial charge is 0.343 e. The first-order chi connectivity index (χ1) is 17.1. The summed E-state index contributed by atoms with van der Waals surface area (Å²) < 4.78 is 8.13. The number of imidazole rings is 1. The molecule has 0 radical (unpaired) electrons. The van der Waals surface area contributed by atoms with Crippen LogP contribution in [-0.2, 0) is 11.3 Å². The van der Waals surface area contributed by atoms with Gasteiger partial charge in [-0.2, -0.15) is 0 Å². The van der Waals surface area contributed by atoms with E-state index in [0.717, 1.165) is 33.5 Å². The Balaban J connectivity index is 1.60. The number of aryl methyl sites for hydroxylation is 2. The van der Waals surface area contributed by atoms with Crippen molar-refractivity contribution in [3.05, 3.63) is 137 Å². The quantitative estimate of drug-likeness (QED) is 0.202. The van der Waals surface area contributed by atoms with Crippen LogP contribution in [0.5, 0.6) is 0 Å². The predicted octanol–water partition coefficient (Wildman–Crippen LogP) is 7.06. The summed E-state index contributed by atoms with van der Waals surface area (Å²) in [5.74, 6) is 0.782. The molecule has 0 fully saturated rings. The van der Waals surface area contributed by atoms with Crippen molar-refractivity contribution in [1.82, 2.24) is 9.55 Å². The second kappa shape index (κ2) is 9.82. The first-order valence-corrected chi connectivity index (χ1v) is 11.6. The van der Waals surface area contributed by atoms with Crippen LogP contribution >= 0.6 is 0 Å². The van der Waals surface area contributed by atoms with Gasteiger partial charge in [-0.15, -0.1) is 0 Å². The summed E-state index contributed by atoms with van der Waals surface area (Å²) in [5.41, 5.74) is 6.62. The summed E-state index contributed by atoms with van der Waals surface area (Å²) in [6.07, 6.45) is 1.86. The van der Waals surface area contributed by atoms with Crippen LogP contribution in [0.4, 0.5) is 0 Å². The monoisotopic (exact) mass is 458 g/mol. The van der Waals surface area contributed by atoms with Gasteiger partial charge in [-0.3, -0.25) is 0 Å². The molecule has 0 atom stereocenters. The molecule has 0 aliphatic carbocycles. The number of fused-ring (bicyclic) bond motifs is 1. The Bertz CT molecular complexity index is 1500. The van der Waals surface area contributed by atoms with E-state index in [4.69, 9.17) is 9.72 Å². The number of carbonyl (C=O) groups is 1. The maximum Gasteiger partial charge on any atom is 0.343 e. The zero-order chi connectivity index (χ0) is 24.2. The third kappa shape index (κ3) is 5.07. The molecule has 4 aromatic carbocycles. The van der Waals surface area contributed by atoms with Crippen molar-refractivity contribution in [2.45, 2.75) is 20.4 Å². The van der Waals surface area contributed by atoms with Gasteiger partial charge in [0.1, 0.15) is 11.6 Å². The Morgan fingerprint density at radius 2 is 1.37 bits per heavy atom. The van der Waals surface area contributed by atoms with Gasteiger partial charge in [0.05, 0.1) is 16.6 Å². The second-order valence-electron chi connectivity index (χ2n) is 8.66. The highest BCUT2D eigenvalue weighted by Gasteiger charge is 2.16. The topological polar surface area (TPSA) is 44.1 Å². The van der Waals surface area contributed by atoms with E-state index in [1.54, 1.807) is 12.1 Å². The van der Waals surface area contributed by atoms with Gasteiger partial charge < -0.3 is 9.30 Å². The fourth-order valence-electron chi connectivity index (χ4n) is 3.99. The van der Waals surface area contributed by atoms with Crippen molar-refractivity contribution in [3.8, 4) is 0 Å². The number of para-hydroxylation sites is 2. The number of ether oxygens (including phenoxy) is 1. The van der Waals surface area contributed by atoms with E-state index in [-0.39, 0.29) is 0 Å². The molecule has 4 heteroatoms. The Kier molecular flexibility index (Phi) is 6.27. The van der Waals surface area contributed by atoms with Gasteiger partial charge in [0.15, 0.2) is 0 Å². The van der Waals surface area contributed by atoms with E-state index in [9.17, 15) is 4.79 Å². The van der Waals surface area contributed by atoms with Gasteiger partial charge in [-0.1, -0.05) is 90.0 Å². The molecule has 1 aromatic heterocycles. The van der Waals surface area contributed by atoms with Crippen LogP contribution in [0.25, 0.3) is 22.9 Å². The molecule has 0 spiro atoms. The minimum Gasteiger partial charge on any atom is -0.422 e. The van der Waals surface area contributed by atoms with Crippen LogP contribution in [0.2, 0.25) is 0 Å². The summed E-state index contributed by atoms with van der Waals surface area (Å²) >= 11 is 0. The SMILES string of the molecule is Cc1ccc(C(=O)OC(=Cc2nc3ccccc3n2Cc2ccccc2)c2ccc(C)cc2)cc1. The van der Waals surface area contributed by atoms with Gasteiger partial charge in [0.2, 0.25) is 0 Å². The average Bonchev–Trinajstić information content (AvgIpc) is 3.22. The largest absolute Gasteiger partial charge is 0.422 e. The molecule has 0 saturated heterocycles. The highest BCUT2D eigenvalue weighted by molar-refractivity contribution is 5.95. The van der Waals surface area contributed by atoms with Crippen molar-refractivity contribution < 1.29 is 9.53 Å². The van der Waals surface area contributed by atoms with Crippen molar-refractivity contribution >= 4 is 28.8 Å². The van der Waals surface area contributed by atoms with Crippen LogP contribution in [0, 0.1) is 13.8 Å². The fraction of sp³-hybridized carbons (Fsp3) is 0.0968. The zero-order valence-electron chi connectivity index (χ0n) is 19.8. The first kappa shape index (κ1) is 22.4. The van der Waals surface area contributed by atoms with Crippen LogP contribution in [0.1, 0.15) is 38.4 Å². The van der Waals surface area contributed by atoms with Crippen LogP contribution in [0.15, 0.2) is 103 Å². The normalized spacial score (nSPS) is 11.5. The lowest BCUT2D eigenvalue weighted by atomic mass is 10.1. The molecule has 35 heavy (non-hydrogen) atoms. The van der Waals surface area contributed by atoms with Crippen LogP contribution in [-0.4, -0.2) is 15.5 Å². The molecule has 0 aliphatic heterocycles. The lowest BCUT2D eigenvalue weighted by molar-refractivity contribution is 0.0693. The first-order valence-electron chi connectivity index (χ1n) is 11.6. The maximum atomic E-state index is 13.1. The van der Waals surface area contributed by atoms with Crippen LogP contribution < -0.4 is 0 Å². The molecular weight excluding hydrogens is 432 g/mol. The van der Waals surface area contributed by atoms with E-state index < -0.39 is 5.97 Å². The maximum absolute atomic E-state index is 13.1. The minimum absolute atomic E-state index is 0.400. The van der Waals surface area contributed by atoms with E-state index in [0.29, 0.717) is 17.9 Å². The molecular formula is C31H26N2O2. The molecule has 5 aromatic rings. The Hall–Kier alpha value is -4.44.